The first-order chi connectivity index (χ1) is 11.6. The van der Waals surface area contributed by atoms with Crippen LogP contribution in [0.4, 0.5) is 0 Å². The van der Waals surface area contributed by atoms with E-state index in [4.69, 9.17) is 25.8 Å². The zero-order valence-corrected chi connectivity index (χ0v) is 14.1. The van der Waals surface area contributed by atoms with E-state index in [9.17, 15) is 9.59 Å². The Hall–Kier alpha value is -2.25. The molecular weight excluding hydrogens is 354 g/mol. The molecule has 6 nitrogen and oxygen atoms in total. The van der Waals surface area contributed by atoms with Crippen molar-refractivity contribution < 1.29 is 23.8 Å². The molecule has 0 atom stereocenters. The molecule has 1 amide bonds. The highest BCUT2D eigenvalue weighted by Gasteiger charge is 2.17. The van der Waals surface area contributed by atoms with Gasteiger partial charge in [-0.2, -0.15) is 0 Å². The molecule has 2 heterocycles. The lowest BCUT2D eigenvalue weighted by Crippen LogP contribution is -2.30. The molecule has 24 heavy (non-hydrogen) atoms. The van der Waals surface area contributed by atoms with Crippen LogP contribution in [0.25, 0.3) is 0 Å². The maximum Gasteiger partial charge on any atom is 0.325 e. The fourth-order valence-corrected chi connectivity index (χ4v) is 3.04. The standard InChI is InChI=1S/C16H14ClNO5S/c17-11-6-10(7-12-15(11)22-4-3-21-12)9-23-14(19)8-18-16(20)13-2-1-5-24-13/h1-2,5-7H,3-4,8-9H2,(H,18,20). The van der Waals surface area contributed by atoms with Gasteiger partial charge in [0.1, 0.15) is 26.4 Å². The van der Waals surface area contributed by atoms with Gasteiger partial charge in [-0.1, -0.05) is 17.7 Å². The van der Waals surface area contributed by atoms with Crippen molar-refractivity contribution in [1.29, 1.82) is 0 Å². The molecule has 0 bridgehead atoms. The second kappa shape index (κ2) is 7.55. The molecule has 0 unspecified atom stereocenters. The minimum Gasteiger partial charge on any atom is -0.486 e. The van der Waals surface area contributed by atoms with Crippen LogP contribution >= 0.6 is 22.9 Å². The number of esters is 1. The van der Waals surface area contributed by atoms with Gasteiger partial charge in [0.15, 0.2) is 11.5 Å². The summed E-state index contributed by atoms with van der Waals surface area (Å²) in [4.78, 5) is 24.0. The number of hydrogen-bond donors (Lipinski definition) is 1. The van der Waals surface area contributed by atoms with E-state index in [2.05, 4.69) is 5.32 Å². The molecule has 1 N–H and O–H groups in total. The molecule has 0 radical (unpaired) electrons. The van der Waals surface area contributed by atoms with Gasteiger partial charge in [0.2, 0.25) is 0 Å². The summed E-state index contributed by atoms with van der Waals surface area (Å²) in [6.45, 7) is 0.728. The highest BCUT2D eigenvalue weighted by Crippen LogP contribution is 2.38. The minimum absolute atomic E-state index is 0.0318. The maximum absolute atomic E-state index is 11.7. The Morgan fingerprint density at radius 3 is 2.92 bits per heavy atom. The smallest absolute Gasteiger partial charge is 0.325 e. The Morgan fingerprint density at radius 1 is 1.29 bits per heavy atom. The summed E-state index contributed by atoms with van der Waals surface area (Å²) in [7, 11) is 0. The van der Waals surface area contributed by atoms with Crippen molar-refractivity contribution in [1.82, 2.24) is 5.32 Å². The largest absolute Gasteiger partial charge is 0.486 e. The number of nitrogens with one attached hydrogen (secondary N) is 1. The quantitative estimate of drug-likeness (QED) is 0.822. The maximum atomic E-state index is 11.7. The predicted molar refractivity (Wildman–Crippen MR) is 88.9 cm³/mol. The summed E-state index contributed by atoms with van der Waals surface area (Å²) in [6.07, 6.45) is 0. The van der Waals surface area contributed by atoms with Crippen molar-refractivity contribution in [3.05, 3.63) is 45.1 Å². The van der Waals surface area contributed by atoms with E-state index >= 15 is 0 Å². The number of amides is 1. The first-order valence-electron chi connectivity index (χ1n) is 7.19. The van der Waals surface area contributed by atoms with Crippen molar-refractivity contribution in [2.75, 3.05) is 19.8 Å². The Kier molecular flexibility index (Phi) is 5.22. The summed E-state index contributed by atoms with van der Waals surface area (Å²) < 4.78 is 16.0. The molecular formula is C16H14ClNO5S. The number of ether oxygens (including phenoxy) is 3. The third-order valence-corrected chi connectivity index (χ3v) is 4.34. The van der Waals surface area contributed by atoms with E-state index in [1.165, 1.54) is 11.3 Å². The summed E-state index contributed by atoms with van der Waals surface area (Å²) in [5.41, 5.74) is 0.683. The van der Waals surface area contributed by atoms with Crippen LogP contribution in [0.5, 0.6) is 11.5 Å². The SMILES string of the molecule is O=C(CNC(=O)c1cccs1)OCc1cc(Cl)c2c(c1)OCCO2. The van der Waals surface area contributed by atoms with Crippen LogP contribution in [0, 0.1) is 0 Å². The lowest BCUT2D eigenvalue weighted by Gasteiger charge is -2.20. The Morgan fingerprint density at radius 2 is 2.12 bits per heavy atom. The fraction of sp³-hybridized carbons (Fsp3) is 0.250. The van der Waals surface area contributed by atoms with Crippen molar-refractivity contribution in [3.8, 4) is 11.5 Å². The molecule has 0 fully saturated rings. The Labute approximate surface area is 147 Å². The normalized spacial score (nSPS) is 12.5. The fourth-order valence-electron chi connectivity index (χ4n) is 2.11. The van der Waals surface area contributed by atoms with Crippen LogP contribution < -0.4 is 14.8 Å². The van der Waals surface area contributed by atoms with Crippen LogP contribution in [0.2, 0.25) is 5.02 Å². The molecule has 8 heteroatoms. The lowest BCUT2D eigenvalue weighted by atomic mass is 10.2. The van der Waals surface area contributed by atoms with Gasteiger partial charge in [-0.25, -0.2) is 0 Å². The van der Waals surface area contributed by atoms with Crippen LogP contribution in [0.15, 0.2) is 29.6 Å². The molecule has 0 spiro atoms. The number of carbonyl (C=O) groups excluding carboxylic acids is 2. The number of rotatable bonds is 5. The number of hydrogen-bond acceptors (Lipinski definition) is 6. The van der Waals surface area contributed by atoms with Crippen molar-refractivity contribution in [2.24, 2.45) is 0 Å². The first kappa shape index (κ1) is 16.6. The van der Waals surface area contributed by atoms with E-state index < -0.39 is 5.97 Å². The Balaban J connectivity index is 1.51. The van der Waals surface area contributed by atoms with Gasteiger partial charge in [0.25, 0.3) is 5.91 Å². The lowest BCUT2D eigenvalue weighted by molar-refractivity contribution is -0.143. The second-order valence-electron chi connectivity index (χ2n) is 4.92. The molecule has 1 aliphatic heterocycles. The average molecular weight is 368 g/mol. The van der Waals surface area contributed by atoms with E-state index in [1.54, 1.807) is 29.6 Å². The van der Waals surface area contributed by atoms with E-state index in [0.717, 1.165) is 0 Å². The van der Waals surface area contributed by atoms with Crippen LogP contribution in [0.1, 0.15) is 15.2 Å². The summed E-state index contributed by atoms with van der Waals surface area (Å²) in [5.74, 6) is 0.197. The summed E-state index contributed by atoms with van der Waals surface area (Å²) in [6, 6.07) is 6.83. The number of benzene rings is 1. The highest BCUT2D eigenvalue weighted by molar-refractivity contribution is 7.12. The van der Waals surface area contributed by atoms with Gasteiger partial charge in [-0.15, -0.1) is 11.3 Å². The molecule has 3 rings (SSSR count). The van der Waals surface area contributed by atoms with Crippen molar-refractivity contribution >= 4 is 34.8 Å². The van der Waals surface area contributed by atoms with Crippen molar-refractivity contribution in [3.63, 3.8) is 0 Å². The summed E-state index contributed by atoms with van der Waals surface area (Å²) in [5, 5.41) is 4.71. The molecule has 0 saturated heterocycles. The molecule has 1 aromatic heterocycles. The monoisotopic (exact) mass is 367 g/mol. The highest BCUT2D eigenvalue weighted by atomic mass is 35.5. The summed E-state index contributed by atoms with van der Waals surface area (Å²) >= 11 is 7.42. The number of carbonyl (C=O) groups is 2. The Bertz CT molecular complexity index is 747. The van der Waals surface area contributed by atoms with E-state index in [0.29, 0.717) is 40.2 Å². The topological polar surface area (TPSA) is 73.9 Å². The van der Waals surface area contributed by atoms with E-state index in [-0.39, 0.29) is 19.1 Å². The third-order valence-electron chi connectivity index (χ3n) is 3.19. The minimum atomic E-state index is -0.536. The van der Waals surface area contributed by atoms with Gasteiger partial charge >= 0.3 is 5.97 Å². The molecule has 1 aliphatic rings. The molecule has 2 aromatic rings. The van der Waals surface area contributed by atoms with Gasteiger partial charge in [0, 0.05) is 0 Å². The van der Waals surface area contributed by atoms with E-state index in [1.807, 2.05) is 0 Å². The van der Waals surface area contributed by atoms with Gasteiger partial charge in [-0.05, 0) is 29.1 Å². The molecule has 126 valence electrons. The third kappa shape index (κ3) is 3.98. The van der Waals surface area contributed by atoms with Gasteiger partial charge < -0.3 is 19.5 Å². The van der Waals surface area contributed by atoms with Gasteiger partial charge in [-0.3, -0.25) is 9.59 Å². The number of thiophene rings is 1. The van der Waals surface area contributed by atoms with Crippen LogP contribution in [-0.4, -0.2) is 31.6 Å². The molecule has 0 aliphatic carbocycles. The molecule has 0 saturated carbocycles. The molecule has 1 aromatic carbocycles. The number of halogens is 1. The van der Waals surface area contributed by atoms with Crippen LogP contribution in [0.3, 0.4) is 0 Å². The zero-order valence-electron chi connectivity index (χ0n) is 12.5. The second-order valence-corrected chi connectivity index (χ2v) is 6.28. The first-order valence-corrected chi connectivity index (χ1v) is 8.44. The average Bonchev–Trinajstić information content (AvgIpc) is 3.12. The van der Waals surface area contributed by atoms with Crippen molar-refractivity contribution in [2.45, 2.75) is 6.61 Å². The number of fused-ring (bicyclic) bond motifs is 1. The van der Waals surface area contributed by atoms with Gasteiger partial charge in [0.05, 0.1) is 9.90 Å². The zero-order chi connectivity index (χ0) is 16.9. The van der Waals surface area contributed by atoms with Crippen LogP contribution in [-0.2, 0) is 16.1 Å². The predicted octanol–water partition coefficient (Wildman–Crippen LogP) is 2.65.